The minimum Gasteiger partial charge on any atom is -0.466 e. The fraction of sp³-hybridized carbons (Fsp3) is 0.500. The van der Waals surface area contributed by atoms with E-state index in [1.165, 1.54) is 4.90 Å². The maximum Gasteiger partial charge on any atom is 0.309 e. The van der Waals surface area contributed by atoms with Gasteiger partial charge in [0.1, 0.15) is 0 Å². The molecule has 0 aromatic heterocycles. The number of anilines is 1. The van der Waals surface area contributed by atoms with E-state index in [1.54, 1.807) is 19.1 Å². The molecule has 0 aliphatic carbocycles. The maximum atomic E-state index is 12.8. The predicted molar refractivity (Wildman–Crippen MR) is 95.1 cm³/mol. The van der Waals surface area contributed by atoms with Crippen molar-refractivity contribution in [1.29, 1.82) is 0 Å². The van der Waals surface area contributed by atoms with E-state index in [-0.39, 0.29) is 36.2 Å². The van der Waals surface area contributed by atoms with Crippen molar-refractivity contribution < 1.29 is 24.0 Å². The molecule has 0 bridgehead atoms. The highest BCUT2D eigenvalue weighted by molar-refractivity contribution is 9.10. The van der Waals surface area contributed by atoms with Crippen LogP contribution >= 0.6 is 15.9 Å². The number of rotatable bonds is 4. The third kappa shape index (κ3) is 3.77. The fourth-order valence-corrected chi connectivity index (χ4v) is 3.91. The Morgan fingerprint density at radius 3 is 2.48 bits per heavy atom. The van der Waals surface area contributed by atoms with Crippen molar-refractivity contribution in [2.45, 2.75) is 32.2 Å². The van der Waals surface area contributed by atoms with Gasteiger partial charge in [-0.1, -0.05) is 15.9 Å². The quantitative estimate of drug-likeness (QED) is 0.593. The van der Waals surface area contributed by atoms with Gasteiger partial charge < -0.3 is 9.64 Å². The first-order valence-electron chi connectivity index (χ1n) is 8.64. The lowest BCUT2D eigenvalue weighted by Crippen LogP contribution is -3.17. The molecule has 2 aliphatic heterocycles. The number of hydrogen-bond acceptors (Lipinski definition) is 4. The van der Waals surface area contributed by atoms with Crippen molar-refractivity contribution in [1.82, 2.24) is 0 Å². The zero-order chi connectivity index (χ0) is 18.0. The molecule has 2 saturated heterocycles. The third-order valence-corrected chi connectivity index (χ3v) is 5.50. The van der Waals surface area contributed by atoms with Crippen LogP contribution in [0.25, 0.3) is 0 Å². The van der Waals surface area contributed by atoms with E-state index in [9.17, 15) is 14.4 Å². The van der Waals surface area contributed by atoms with Gasteiger partial charge in [0, 0.05) is 17.3 Å². The van der Waals surface area contributed by atoms with Crippen LogP contribution in [0.15, 0.2) is 28.7 Å². The minimum absolute atomic E-state index is 0.0847. The van der Waals surface area contributed by atoms with Gasteiger partial charge in [0.05, 0.1) is 37.7 Å². The van der Waals surface area contributed by atoms with E-state index in [2.05, 4.69) is 15.9 Å². The lowest BCUT2D eigenvalue weighted by molar-refractivity contribution is -0.920. The number of ether oxygens (including phenoxy) is 1. The summed E-state index contributed by atoms with van der Waals surface area (Å²) in [5.41, 5.74) is 0.613. The Morgan fingerprint density at radius 1 is 1.24 bits per heavy atom. The van der Waals surface area contributed by atoms with Gasteiger partial charge >= 0.3 is 5.97 Å². The first-order valence-corrected chi connectivity index (χ1v) is 9.44. The van der Waals surface area contributed by atoms with Crippen LogP contribution in [-0.2, 0) is 19.1 Å². The normalized spacial score (nSPS) is 26.8. The first-order chi connectivity index (χ1) is 12.0. The van der Waals surface area contributed by atoms with Crippen molar-refractivity contribution in [3.05, 3.63) is 28.7 Å². The zero-order valence-corrected chi connectivity index (χ0v) is 15.8. The van der Waals surface area contributed by atoms with E-state index in [4.69, 9.17) is 4.74 Å². The number of amides is 2. The molecule has 0 saturated carbocycles. The lowest BCUT2D eigenvalue weighted by atomic mass is 9.95. The van der Waals surface area contributed by atoms with Crippen LogP contribution in [-0.4, -0.2) is 43.5 Å². The molecule has 1 atom stereocenters. The van der Waals surface area contributed by atoms with E-state index in [0.29, 0.717) is 38.2 Å². The van der Waals surface area contributed by atoms with Gasteiger partial charge in [-0.05, 0) is 31.2 Å². The van der Waals surface area contributed by atoms with Crippen molar-refractivity contribution in [2.24, 2.45) is 5.92 Å². The number of imide groups is 1. The van der Waals surface area contributed by atoms with E-state index >= 15 is 0 Å². The summed E-state index contributed by atoms with van der Waals surface area (Å²) in [4.78, 5) is 39.4. The second kappa shape index (κ2) is 7.66. The summed E-state index contributed by atoms with van der Waals surface area (Å²) in [6.45, 7) is 3.62. The number of halogens is 1. The summed E-state index contributed by atoms with van der Waals surface area (Å²) in [5.74, 6) is -0.528. The summed E-state index contributed by atoms with van der Waals surface area (Å²) in [6.07, 6.45) is 1.63. The fourth-order valence-electron chi connectivity index (χ4n) is 3.65. The molecule has 0 radical (unpaired) electrons. The zero-order valence-electron chi connectivity index (χ0n) is 14.2. The summed E-state index contributed by atoms with van der Waals surface area (Å²) < 4.78 is 5.98. The number of carbonyl (C=O) groups is 3. The molecule has 2 heterocycles. The molecule has 1 aromatic rings. The molecule has 6 nitrogen and oxygen atoms in total. The minimum atomic E-state index is -0.348. The number of benzene rings is 1. The number of quaternary nitrogens is 1. The predicted octanol–water partition coefficient (Wildman–Crippen LogP) is 0.939. The van der Waals surface area contributed by atoms with Crippen molar-refractivity contribution in [3.63, 3.8) is 0 Å². The highest BCUT2D eigenvalue weighted by atomic mass is 79.9. The molecular formula is C18H22BrN2O4+. The van der Waals surface area contributed by atoms with Crippen molar-refractivity contribution >= 4 is 39.4 Å². The molecule has 2 aliphatic rings. The number of esters is 1. The van der Waals surface area contributed by atoms with E-state index in [1.807, 2.05) is 12.1 Å². The Labute approximate surface area is 155 Å². The second-order valence-corrected chi connectivity index (χ2v) is 7.40. The van der Waals surface area contributed by atoms with Gasteiger partial charge in [0.15, 0.2) is 6.04 Å². The molecule has 7 heteroatoms. The lowest BCUT2D eigenvalue weighted by Gasteiger charge is -2.31. The van der Waals surface area contributed by atoms with Gasteiger partial charge in [-0.3, -0.25) is 14.4 Å². The number of hydrogen-bond donors (Lipinski definition) is 1. The number of nitrogens with one attached hydrogen (secondary N) is 1. The molecule has 2 amide bonds. The summed E-state index contributed by atoms with van der Waals surface area (Å²) in [6, 6.07) is 6.83. The van der Waals surface area contributed by atoms with Gasteiger partial charge in [0.25, 0.3) is 5.91 Å². The molecule has 25 heavy (non-hydrogen) atoms. The first kappa shape index (κ1) is 18.1. The Balaban J connectivity index is 1.65. The van der Waals surface area contributed by atoms with Crippen LogP contribution in [0, 0.1) is 5.92 Å². The Kier molecular flexibility index (Phi) is 5.54. The Hall–Kier alpha value is -1.73. The van der Waals surface area contributed by atoms with Crippen LogP contribution in [0.2, 0.25) is 0 Å². The topological polar surface area (TPSA) is 68.1 Å². The number of likely N-dealkylation sites (tertiary alicyclic amines) is 1. The van der Waals surface area contributed by atoms with Crippen molar-refractivity contribution in [3.8, 4) is 0 Å². The standard InChI is InChI=1S/C18H21BrN2O4/c1-2-25-18(24)12-7-9-20(10-8-12)15-11-16(22)21(17(15)23)14-5-3-13(19)4-6-14/h3-6,12,15H,2,7-11H2,1H3/p+1/t15-/m0/s1. The number of carbonyl (C=O) groups excluding carboxylic acids is 3. The molecular weight excluding hydrogens is 388 g/mol. The van der Waals surface area contributed by atoms with Gasteiger partial charge in [-0.25, -0.2) is 4.90 Å². The highest BCUT2D eigenvalue weighted by Gasteiger charge is 2.47. The second-order valence-electron chi connectivity index (χ2n) is 6.49. The number of piperidine rings is 1. The monoisotopic (exact) mass is 409 g/mol. The van der Waals surface area contributed by atoms with E-state index < -0.39 is 0 Å². The maximum absolute atomic E-state index is 12.8. The van der Waals surface area contributed by atoms with Crippen LogP contribution in [0.5, 0.6) is 0 Å². The number of nitrogens with zero attached hydrogens (tertiary/aromatic N) is 1. The average Bonchev–Trinajstić information content (AvgIpc) is 2.91. The molecule has 0 unspecified atom stereocenters. The molecule has 0 spiro atoms. The van der Waals surface area contributed by atoms with Gasteiger partial charge in [-0.15, -0.1) is 0 Å². The van der Waals surface area contributed by atoms with Crippen LogP contribution in [0.3, 0.4) is 0 Å². The smallest absolute Gasteiger partial charge is 0.309 e. The largest absolute Gasteiger partial charge is 0.466 e. The van der Waals surface area contributed by atoms with Gasteiger partial charge in [-0.2, -0.15) is 0 Å². The molecule has 134 valence electrons. The third-order valence-electron chi connectivity index (χ3n) is 4.97. The summed E-state index contributed by atoms with van der Waals surface area (Å²) in [7, 11) is 0. The van der Waals surface area contributed by atoms with Crippen molar-refractivity contribution in [2.75, 3.05) is 24.6 Å². The van der Waals surface area contributed by atoms with Gasteiger partial charge in [0.2, 0.25) is 5.91 Å². The SMILES string of the molecule is CCOC(=O)C1CC[NH+]([C@H]2CC(=O)N(c3ccc(Br)cc3)C2=O)CC1. The Bertz CT molecular complexity index is 668. The molecule has 1 N–H and O–H groups in total. The van der Waals surface area contributed by atoms with Crippen LogP contribution in [0.4, 0.5) is 5.69 Å². The van der Waals surface area contributed by atoms with E-state index in [0.717, 1.165) is 9.37 Å². The summed E-state index contributed by atoms with van der Waals surface area (Å²) in [5, 5.41) is 0. The molecule has 3 rings (SSSR count). The van der Waals surface area contributed by atoms with Crippen LogP contribution in [0.1, 0.15) is 26.2 Å². The Morgan fingerprint density at radius 2 is 1.88 bits per heavy atom. The molecule has 2 fully saturated rings. The average molecular weight is 410 g/mol. The van der Waals surface area contributed by atoms with Crippen LogP contribution < -0.4 is 9.80 Å². The highest BCUT2D eigenvalue weighted by Crippen LogP contribution is 2.24. The summed E-state index contributed by atoms with van der Waals surface area (Å²) >= 11 is 3.36. The molecule has 1 aromatic carbocycles.